The molecule has 1 heterocycles. The number of aromatic nitrogens is 1. The molecule has 0 aliphatic heterocycles. The minimum atomic E-state index is -1.74. The molecule has 2 atom stereocenters. The van der Waals surface area contributed by atoms with E-state index in [-0.39, 0.29) is 30.4 Å². The third-order valence-corrected chi connectivity index (χ3v) is 5.72. The Morgan fingerprint density at radius 1 is 1.06 bits per heavy atom. The zero-order valence-electron chi connectivity index (χ0n) is 20.7. The minimum Gasteiger partial charge on any atom is -0.426 e. The second-order valence-electron chi connectivity index (χ2n) is 9.21. The van der Waals surface area contributed by atoms with Crippen molar-refractivity contribution in [2.45, 2.75) is 58.8 Å². The molecule has 0 radical (unpaired) electrons. The molecule has 0 saturated heterocycles. The van der Waals surface area contributed by atoms with Crippen LogP contribution in [0.2, 0.25) is 0 Å². The Morgan fingerprint density at radius 3 is 2.34 bits per heavy atom. The van der Waals surface area contributed by atoms with Gasteiger partial charge in [0.2, 0.25) is 5.91 Å². The minimum absolute atomic E-state index is 0.0997. The fraction of sp³-hybridized carbons (Fsp3) is 0.462. The maximum atomic E-state index is 13.1. The molecule has 1 aromatic heterocycles. The topological polar surface area (TPSA) is 129 Å². The van der Waals surface area contributed by atoms with Crippen LogP contribution in [0.4, 0.5) is 0 Å². The van der Waals surface area contributed by atoms with Gasteiger partial charge in [0, 0.05) is 24.7 Å². The van der Waals surface area contributed by atoms with Gasteiger partial charge >= 0.3 is 7.12 Å². The summed E-state index contributed by atoms with van der Waals surface area (Å²) in [5.74, 6) is -2.90. The van der Waals surface area contributed by atoms with Gasteiger partial charge in [-0.25, -0.2) is 0 Å². The summed E-state index contributed by atoms with van der Waals surface area (Å²) in [6.45, 7) is 5.83. The average molecular weight is 481 g/mol. The van der Waals surface area contributed by atoms with Gasteiger partial charge < -0.3 is 20.7 Å². The maximum Gasteiger partial charge on any atom is 0.475 e. The van der Waals surface area contributed by atoms with E-state index in [0.717, 1.165) is 24.8 Å². The van der Waals surface area contributed by atoms with E-state index in [1.54, 1.807) is 30.3 Å². The second-order valence-corrected chi connectivity index (χ2v) is 9.21. The monoisotopic (exact) mass is 481 g/mol. The van der Waals surface area contributed by atoms with Crippen molar-refractivity contribution >= 4 is 24.7 Å². The van der Waals surface area contributed by atoms with Gasteiger partial charge in [-0.3, -0.25) is 19.4 Å². The number of carbonyl (C=O) groups excluding carboxylic acids is 3. The summed E-state index contributed by atoms with van der Waals surface area (Å²) in [6.07, 6.45) is 4.80. The number of nitrogens with zero attached hydrogens (tertiary/aromatic N) is 1. The van der Waals surface area contributed by atoms with Crippen LogP contribution in [0.3, 0.4) is 0 Å². The van der Waals surface area contributed by atoms with Crippen molar-refractivity contribution in [2.75, 3.05) is 6.54 Å². The maximum absolute atomic E-state index is 13.1. The standard InChI is InChI=1S/C26H36BN3O5/c1-4-5-8-19-10-12-20(13-11-19)23(31)16-21(17-29-26(33)22-9-6-7-14-28-22)25(32)30-24(27(34)35)15-18(2)3/h6-7,9-14,18,21,24,34-35H,4-5,8,15-17H2,1-3H3,(H,29,33)(H,30,32)/t21-,24-/m0/s1. The fourth-order valence-electron chi connectivity index (χ4n) is 3.70. The van der Waals surface area contributed by atoms with Crippen molar-refractivity contribution in [3.05, 3.63) is 65.5 Å². The van der Waals surface area contributed by atoms with E-state index in [0.29, 0.717) is 12.0 Å². The highest BCUT2D eigenvalue weighted by Gasteiger charge is 2.30. The summed E-state index contributed by atoms with van der Waals surface area (Å²) >= 11 is 0. The highest BCUT2D eigenvalue weighted by atomic mass is 16.4. The first-order chi connectivity index (χ1) is 16.7. The van der Waals surface area contributed by atoms with Gasteiger partial charge in [-0.05, 0) is 42.9 Å². The number of nitrogens with one attached hydrogen (secondary N) is 2. The number of rotatable bonds is 14. The fourth-order valence-corrected chi connectivity index (χ4v) is 3.70. The first-order valence-electron chi connectivity index (χ1n) is 12.2. The van der Waals surface area contributed by atoms with Crippen LogP contribution in [-0.2, 0) is 11.2 Å². The number of ketones is 1. The molecule has 0 unspecified atom stereocenters. The van der Waals surface area contributed by atoms with Gasteiger partial charge in [-0.15, -0.1) is 0 Å². The lowest BCUT2D eigenvalue weighted by molar-refractivity contribution is -0.125. The zero-order chi connectivity index (χ0) is 25.8. The predicted octanol–water partition coefficient (Wildman–Crippen LogP) is 2.59. The molecule has 2 amide bonds. The summed E-state index contributed by atoms with van der Waals surface area (Å²) < 4.78 is 0. The molecule has 0 aliphatic carbocycles. The van der Waals surface area contributed by atoms with Gasteiger partial charge in [0.15, 0.2) is 5.78 Å². The Hall–Kier alpha value is -3.04. The summed E-state index contributed by atoms with van der Waals surface area (Å²) in [5, 5.41) is 24.7. The van der Waals surface area contributed by atoms with Crippen molar-refractivity contribution in [3.8, 4) is 0 Å². The van der Waals surface area contributed by atoms with Crippen LogP contribution in [0.25, 0.3) is 0 Å². The molecule has 0 saturated carbocycles. The summed E-state index contributed by atoms with van der Waals surface area (Å²) in [6, 6.07) is 12.3. The van der Waals surface area contributed by atoms with E-state index in [4.69, 9.17) is 0 Å². The number of pyridine rings is 1. The van der Waals surface area contributed by atoms with Crippen molar-refractivity contribution in [1.82, 2.24) is 15.6 Å². The molecule has 9 heteroatoms. The number of amides is 2. The molecule has 4 N–H and O–H groups in total. The van der Waals surface area contributed by atoms with Gasteiger partial charge in [0.05, 0.1) is 11.9 Å². The van der Waals surface area contributed by atoms with Gasteiger partial charge in [-0.2, -0.15) is 0 Å². The van der Waals surface area contributed by atoms with Crippen LogP contribution in [0.15, 0.2) is 48.7 Å². The Kier molecular flexibility index (Phi) is 11.6. The quantitative estimate of drug-likeness (QED) is 0.243. The Balaban J connectivity index is 2.14. The number of benzene rings is 1. The number of aryl methyl sites for hydroxylation is 1. The largest absolute Gasteiger partial charge is 0.475 e. The van der Waals surface area contributed by atoms with E-state index in [9.17, 15) is 24.4 Å². The molecular weight excluding hydrogens is 445 g/mol. The van der Waals surface area contributed by atoms with E-state index in [1.807, 2.05) is 26.0 Å². The first kappa shape index (κ1) is 28.2. The molecule has 2 aromatic rings. The van der Waals surface area contributed by atoms with Crippen LogP contribution in [0.5, 0.6) is 0 Å². The van der Waals surface area contributed by atoms with Crippen molar-refractivity contribution in [2.24, 2.45) is 11.8 Å². The number of Topliss-reactive ketones (excluding diaryl/α,β-unsaturated/α-hetero) is 1. The number of unbranched alkanes of at least 4 members (excludes halogenated alkanes) is 1. The number of hydrogen-bond acceptors (Lipinski definition) is 6. The van der Waals surface area contributed by atoms with Crippen LogP contribution in [-0.4, -0.2) is 52.2 Å². The average Bonchev–Trinajstić information content (AvgIpc) is 2.84. The first-order valence-corrected chi connectivity index (χ1v) is 12.2. The van der Waals surface area contributed by atoms with Gasteiger partial charge in [-0.1, -0.05) is 57.5 Å². The predicted molar refractivity (Wildman–Crippen MR) is 136 cm³/mol. The van der Waals surface area contributed by atoms with E-state index in [1.165, 1.54) is 6.20 Å². The molecule has 0 bridgehead atoms. The Labute approximate surface area is 207 Å². The molecule has 1 aromatic carbocycles. The number of hydrogen-bond donors (Lipinski definition) is 4. The molecule has 0 spiro atoms. The molecule has 0 fully saturated rings. The van der Waals surface area contributed by atoms with Gasteiger partial charge in [0.1, 0.15) is 5.69 Å². The lowest BCUT2D eigenvalue weighted by Crippen LogP contribution is -2.50. The molecule has 35 heavy (non-hydrogen) atoms. The lowest BCUT2D eigenvalue weighted by Gasteiger charge is -2.23. The van der Waals surface area contributed by atoms with Crippen molar-refractivity contribution in [1.29, 1.82) is 0 Å². The van der Waals surface area contributed by atoms with Crippen LogP contribution >= 0.6 is 0 Å². The molecule has 2 rings (SSSR count). The smallest absolute Gasteiger partial charge is 0.426 e. The summed E-state index contributed by atoms with van der Waals surface area (Å²) in [4.78, 5) is 42.5. The van der Waals surface area contributed by atoms with Crippen LogP contribution in [0, 0.1) is 11.8 Å². The van der Waals surface area contributed by atoms with E-state index in [2.05, 4.69) is 22.5 Å². The van der Waals surface area contributed by atoms with Crippen molar-refractivity contribution in [3.63, 3.8) is 0 Å². The molecule has 188 valence electrons. The van der Waals surface area contributed by atoms with Crippen LogP contribution in [0.1, 0.15) is 72.9 Å². The Morgan fingerprint density at radius 2 is 1.77 bits per heavy atom. The van der Waals surface area contributed by atoms with E-state index >= 15 is 0 Å². The lowest BCUT2D eigenvalue weighted by atomic mass is 9.74. The second kappa shape index (κ2) is 14.4. The number of carbonyl (C=O) groups is 3. The van der Waals surface area contributed by atoms with E-state index < -0.39 is 30.8 Å². The SMILES string of the molecule is CCCCc1ccc(C(=O)C[C@@H](CNC(=O)c2ccccn2)C(=O)N[C@@H](CC(C)C)B(O)O)cc1. The van der Waals surface area contributed by atoms with Crippen LogP contribution < -0.4 is 10.6 Å². The van der Waals surface area contributed by atoms with Gasteiger partial charge in [0.25, 0.3) is 5.91 Å². The third kappa shape index (κ3) is 9.62. The molecular formula is C26H36BN3O5. The summed E-state index contributed by atoms with van der Waals surface area (Å²) in [5.41, 5.74) is 1.83. The highest BCUT2D eigenvalue weighted by molar-refractivity contribution is 6.43. The molecule has 0 aliphatic rings. The summed E-state index contributed by atoms with van der Waals surface area (Å²) in [7, 11) is -1.74. The third-order valence-electron chi connectivity index (χ3n) is 5.72. The zero-order valence-corrected chi connectivity index (χ0v) is 20.7. The Bertz CT molecular complexity index is 951. The normalized spacial score (nSPS) is 12.6. The van der Waals surface area contributed by atoms with Crippen molar-refractivity contribution < 1.29 is 24.4 Å². The molecule has 8 nitrogen and oxygen atoms in total. The highest BCUT2D eigenvalue weighted by Crippen LogP contribution is 2.15.